The van der Waals surface area contributed by atoms with Crippen molar-refractivity contribution >= 4 is 24.0 Å². The van der Waals surface area contributed by atoms with Crippen molar-refractivity contribution in [1.29, 1.82) is 0 Å². The van der Waals surface area contributed by atoms with Gasteiger partial charge in [0.25, 0.3) is 0 Å². The van der Waals surface area contributed by atoms with Crippen molar-refractivity contribution in [2.45, 2.75) is 26.6 Å². The summed E-state index contributed by atoms with van der Waals surface area (Å²) in [5.74, 6) is -0.189. The highest BCUT2D eigenvalue weighted by Crippen LogP contribution is 2.10. The van der Waals surface area contributed by atoms with Crippen LogP contribution in [0, 0.1) is 0 Å². The summed E-state index contributed by atoms with van der Waals surface area (Å²) in [4.78, 5) is 11.0. The van der Waals surface area contributed by atoms with Crippen LogP contribution < -0.4 is 11.1 Å². The van der Waals surface area contributed by atoms with E-state index >= 15 is 0 Å². The van der Waals surface area contributed by atoms with Gasteiger partial charge in [-0.2, -0.15) is 0 Å². The minimum absolute atomic E-state index is 0. The highest BCUT2D eigenvalue weighted by Gasteiger charge is 2.00. The largest absolute Gasteiger partial charge is 0.374 e. The molecule has 0 aliphatic rings. The molecule has 0 heterocycles. The number of carbonyl (C=O) groups is 1. The van der Waals surface area contributed by atoms with Crippen molar-refractivity contribution in [3.63, 3.8) is 0 Å². The molecule has 1 amide bonds. The summed E-state index contributed by atoms with van der Waals surface area (Å²) in [5, 5.41) is 2.68. The lowest BCUT2D eigenvalue weighted by atomic mass is 10.2. The van der Waals surface area contributed by atoms with Crippen molar-refractivity contribution in [2.75, 3.05) is 11.9 Å². The lowest BCUT2D eigenvalue weighted by Crippen LogP contribution is -2.21. The van der Waals surface area contributed by atoms with E-state index in [-0.39, 0.29) is 31.0 Å². The molecule has 1 aromatic rings. The average molecular weight is 259 g/mol. The van der Waals surface area contributed by atoms with Gasteiger partial charge < -0.3 is 15.8 Å². The maximum atomic E-state index is 11.0. The summed E-state index contributed by atoms with van der Waals surface area (Å²) in [5.41, 5.74) is 7.04. The summed E-state index contributed by atoms with van der Waals surface area (Å²) < 4.78 is 5.46. The van der Waals surface area contributed by atoms with Gasteiger partial charge >= 0.3 is 0 Å². The highest BCUT2D eigenvalue weighted by atomic mass is 35.5. The number of carbonyl (C=O) groups excluding carboxylic acids is 1. The molecule has 0 atom stereocenters. The molecule has 0 radical (unpaired) electrons. The van der Waals surface area contributed by atoms with Crippen LogP contribution in [0.4, 0.5) is 5.69 Å². The Morgan fingerprint density at radius 2 is 1.94 bits per heavy atom. The molecule has 5 heteroatoms. The molecule has 0 unspecified atom stereocenters. The molecule has 3 N–H and O–H groups in total. The monoisotopic (exact) mass is 258 g/mol. The van der Waals surface area contributed by atoms with Gasteiger partial charge in [0.1, 0.15) is 0 Å². The number of amides is 1. The van der Waals surface area contributed by atoms with E-state index in [9.17, 15) is 4.79 Å². The number of ether oxygens (including phenoxy) is 1. The molecule has 1 rings (SSSR count). The Labute approximate surface area is 108 Å². The lowest BCUT2D eigenvalue weighted by Gasteiger charge is -2.08. The topological polar surface area (TPSA) is 64.3 Å². The Bertz CT molecular complexity index is 339. The fourth-order valence-corrected chi connectivity index (χ4v) is 1.16. The zero-order valence-corrected chi connectivity index (χ0v) is 10.9. The molecule has 96 valence electrons. The van der Waals surface area contributed by atoms with Crippen LogP contribution in [0.5, 0.6) is 0 Å². The summed E-state index contributed by atoms with van der Waals surface area (Å²) in [6.07, 6.45) is 0.219. The minimum Gasteiger partial charge on any atom is -0.374 e. The molecule has 0 aliphatic heterocycles. The smallest absolute Gasteiger partial charge is 0.238 e. The van der Waals surface area contributed by atoms with E-state index in [0.717, 1.165) is 11.3 Å². The van der Waals surface area contributed by atoms with E-state index in [1.165, 1.54) is 0 Å². The van der Waals surface area contributed by atoms with Crippen molar-refractivity contribution in [3.8, 4) is 0 Å². The van der Waals surface area contributed by atoms with Crippen LogP contribution in [0.1, 0.15) is 19.4 Å². The van der Waals surface area contributed by atoms with Crippen molar-refractivity contribution in [3.05, 3.63) is 29.8 Å². The molecule has 1 aromatic carbocycles. The Morgan fingerprint density at radius 1 is 1.35 bits per heavy atom. The molecule has 0 fully saturated rings. The van der Waals surface area contributed by atoms with E-state index in [4.69, 9.17) is 10.5 Å². The predicted molar refractivity (Wildman–Crippen MR) is 71.3 cm³/mol. The van der Waals surface area contributed by atoms with Gasteiger partial charge in [-0.1, -0.05) is 12.1 Å². The average Bonchev–Trinajstić information content (AvgIpc) is 2.28. The number of benzene rings is 1. The van der Waals surface area contributed by atoms with E-state index < -0.39 is 0 Å². The standard InChI is InChI=1S/C12H18N2O2.ClH/c1-9(2)16-8-10-3-5-11(6-4-10)14-12(15)7-13;/h3-6,9H,7-8,13H2,1-2H3,(H,14,15);1H. The number of halogens is 1. The van der Waals surface area contributed by atoms with Crippen molar-refractivity contribution < 1.29 is 9.53 Å². The van der Waals surface area contributed by atoms with Gasteiger partial charge in [0.2, 0.25) is 5.91 Å². The number of nitrogens with one attached hydrogen (secondary N) is 1. The number of nitrogens with two attached hydrogens (primary N) is 1. The third kappa shape index (κ3) is 6.26. The molecule has 17 heavy (non-hydrogen) atoms. The number of rotatable bonds is 5. The van der Waals surface area contributed by atoms with Gasteiger partial charge in [-0.15, -0.1) is 12.4 Å². The zero-order valence-electron chi connectivity index (χ0n) is 10.1. The first-order chi connectivity index (χ1) is 7.61. The first-order valence-electron chi connectivity index (χ1n) is 5.32. The van der Waals surface area contributed by atoms with Crippen molar-refractivity contribution in [2.24, 2.45) is 5.73 Å². The van der Waals surface area contributed by atoms with E-state index in [1.807, 2.05) is 38.1 Å². The van der Waals surface area contributed by atoms with E-state index in [2.05, 4.69) is 5.32 Å². The highest BCUT2D eigenvalue weighted by molar-refractivity contribution is 5.92. The Hall–Kier alpha value is -1.10. The predicted octanol–water partition coefficient (Wildman–Crippen LogP) is 1.93. The summed E-state index contributed by atoms with van der Waals surface area (Å²) in [6, 6.07) is 7.53. The summed E-state index contributed by atoms with van der Waals surface area (Å²) >= 11 is 0. The molecule has 0 bridgehead atoms. The second-order valence-corrected chi connectivity index (χ2v) is 3.81. The second kappa shape index (κ2) is 8.06. The minimum atomic E-state index is -0.189. The number of hydrogen-bond acceptors (Lipinski definition) is 3. The summed E-state index contributed by atoms with van der Waals surface area (Å²) in [7, 11) is 0. The quantitative estimate of drug-likeness (QED) is 0.848. The molecule has 0 spiro atoms. The van der Waals surface area contributed by atoms with Gasteiger partial charge in [-0.05, 0) is 31.5 Å². The molecule has 0 aromatic heterocycles. The van der Waals surface area contributed by atoms with Gasteiger partial charge in [0, 0.05) is 5.69 Å². The van der Waals surface area contributed by atoms with Gasteiger partial charge in [0.05, 0.1) is 19.3 Å². The van der Waals surface area contributed by atoms with Gasteiger partial charge in [-0.25, -0.2) is 0 Å². The lowest BCUT2D eigenvalue weighted by molar-refractivity contribution is -0.114. The van der Waals surface area contributed by atoms with Crippen LogP contribution in [0.25, 0.3) is 0 Å². The molecule has 0 saturated carbocycles. The SMILES string of the molecule is CC(C)OCc1ccc(NC(=O)CN)cc1.Cl. The first kappa shape index (κ1) is 15.9. The fourth-order valence-electron chi connectivity index (χ4n) is 1.16. The van der Waals surface area contributed by atoms with Crippen molar-refractivity contribution in [1.82, 2.24) is 0 Å². The van der Waals surface area contributed by atoms with Crippen LogP contribution in [0.15, 0.2) is 24.3 Å². The third-order valence-electron chi connectivity index (χ3n) is 2.01. The Balaban J connectivity index is 0.00000256. The maximum absolute atomic E-state index is 11.0. The molecule has 0 saturated heterocycles. The molecular weight excluding hydrogens is 240 g/mol. The van der Waals surface area contributed by atoms with Crippen LogP contribution in [-0.2, 0) is 16.1 Å². The normalized spacial score (nSPS) is 9.88. The fraction of sp³-hybridized carbons (Fsp3) is 0.417. The van der Waals surface area contributed by atoms with Crippen LogP contribution in [0.2, 0.25) is 0 Å². The van der Waals surface area contributed by atoms with Gasteiger partial charge in [-0.3, -0.25) is 4.79 Å². The summed E-state index contributed by atoms with van der Waals surface area (Å²) in [6.45, 7) is 4.58. The molecular formula is C12H19ClN2O2. The maximum Gasteiger partial charge on any atom is 0.238 e. The van der Waals surface area contributed by atoms with Crippen LogP contribution in [0.3, 0.4) is 0 Å². The Morgan fingerprint density at radius 3 is 2.41 bits per heavy atom. The number of hydrogen-bond donors (Lipinski definition) is 2. The number of anilines is 1. The second-order valence-electron chi connectivity index (χ2n) is 3.81. The first-order valence-corrected chi connectivity index (χ1v) is 5.32. The van der Waals surface area contributed by atoms with Crippen LogP contribution in [-0.4, -0.2) is 18.6 Å². The van der Waals surface area contributed by atoms with E-state index in [0.29, 0.717) is 6.61 Å². The Kier molecular flexibility index (Phi) is 7.54. The molecule has 4 nitrogen and oxygen atoms in total. The molecule has 0 aliphatic carbocycles. The van der Waals surface area contributed by atoms with Crippen LogP contribution >= 0.6 is 12.4 Å². The third-order valence-corrected chi connectivity index (χ3v) is 2.01. The zero-order chi connectivity index (χ0) is 12.0. The van der Waals surface area contributed by atoms with Gasteiger partial charge in [0.15, 0.2) is 0 Å². The van der Waals surface area contributed by atoms with E-state index in [1.54, 1.807) is 0 Å².